The number of aryl methyl sites for hydroxylation is 2. The Kier molecular flexibility index (Phi) is 5.55. The van der Waals surface area contributed by atoms with Crippen LogP contribution in [0.1, 0.15) is 43.2 Å². The molecule has 1 unspecified atom stereocenters. The topological polar surface area (TPSA) is 91.3 Å². The minimum Gasteiger partial charge on any atom is -0.481 e. The molecule has 0 radical (unpaired) electrons. The molecule has 21 heavy (non-hydrogen) atoms. The number of nitrogens with zero attached hydrogens (tertiary/aromatic N) is 1. The molecular formula is C14H21N3O3S. The van der Waals surface area contributed by atoms with Gasteiger partial charge in [-0.1, -0.05) is 6.92 Å². The zero-order valence-electron chi connectivity index (χ0n) is 12.1. The molecule has 1 heterocycles. The quantitative estimate of drug-likeness (QED) is 0.722. The van der Waals surface area contributed by atoms with Crippen molar-refractivity contribution in [3.05, 3.63) is 10.6 Å². The Bertz CT molecular complexity index is 494. The number of fused-ring (bicyclic) bond motifs is 1. The lowest BCUT2D eigenvalue weighted by molar-refractivity contribution is -0.137. The van der Waals surface area contributed by atoms with Gasteiger partial charge in [0.25, 0.3) is 0 Å². The first-order valence-electron chi connectivity index (χ1n) is 7.30. The van der Waals surface area contributed by atoms with Gasteiger partial charge in [0.15, 0.2) is 5.13 Å². The highest BCUT2D eigenvalue weighted by atomic mass is 32.1. The lowest BCUT2D eigenvalue weighted by Crippen LogP contribution is -2.30. The number of urea groups is 1. The second-order valence-electron chi connectivity index (χ2n) is 5.45. The number of carbonyl (C=O) groups is 2. The number of rotatable bonds is 7. The first-order valence-corrected chi connectivity index (χ1v) is 8.11. The van der Waals surface area contributed by atoms with Gasteiger partial charge in [0.05, 0.1) is 5.69 Å². The Hall–Kier alpha value is -1.63. The Labute approximate surface area is 128 Å². The van der Waals surface area contributed by atoms with Crippen LogP contribution in [0.15, 0.2) is 0 Å². The van der Waals surface area contributed by atoms with Gasteiger partial charge >= 0.3 is 12.0 Å². The maximum Gasteiger partial charge on any atom is 0.321 e. The van der Waals surface area contributed by atoms with Gasteiger partial charge in [-0.25, -0.2) is 9.78 Å². The van der Waals surface area contributed by atoms with Gasteiger partial charge in [0.1, 0.15) is 0 Å². The lowest BCUT2D eigenvalue weighted by atomic mass is 10.0. The number of carboxylic acid groups (broad SMARTS) is 1. The monoisotopic (exact) mass is 311 g/mol. The number of nitrogens with one attached hydrogen (secondary N) is 2. The van der Waals surface area contributed by atoms with Crippen LogP contribution in [0, 0.1) is 5.92 Å². The molecule has 0 fully saturated rings. The highest BCUT2D eigenvalue weighted by Crippen LogP contribution is 2.30. The van der Waals surface area contributed by atoms with Crippen molar-refractivity contribution < 1.29 is 14.7 Å². The third-order valence-corrected chi connectivity index (χ3v) is 4.66. The maximum absolute atomic E-state index is 11.7. The molecule has 1 aliphatic rings. The molecule has 0 aliphatic heterocycles. The summed E-state index contributed by atoms with van der Waals surface area (Å²) in [5.74, 6) is -0.491. The van der Waals surface area contributed by atoms with Crippen molar-refractivity contribution in [2.45, 2.75) is 45.4 Å². The van der Waals surface area contributed by atoms with Gasteiger partial charge in [0.2, 0.25) is 0 Å². The highest BCUT2D eigenvalue weighted by Gasteiger charge is 2.17. The van der Waals surface area contributed by atoms with Crippen LogP contribution in [-0.2, 0) is 17.6 Å². The van der Waals surface area contributed by atoms with E-state index in [9.17, 15) is 9.59 Å². The number of aromatic nitrogens is 1. The molecule has 1 atom stereocenters. The van der Waals surface area contributed by atoms with Gasteiger partial charge in [-0.3, -0.25) is 10.1 Å². The van der Waals surface area contributed by atoms with Crippen molar-refractivity contribution in [2.75, 3.05) is 11.9 Å². The normalized spacial score (nSPS) is 14.5. The maximum atomic E-state index is 11.7. The van der Waals surface area contributed by atoms with E-state index in [1.165, 1.54) is 4.88 Å². The largest absolute Gasteiger partial charge is 0.481 e. The molecule has 1 aromatic rings. The van der Waals surface area contributed by atoms with Crippen LogP contribution in [0.3, 0.4) is 0 Å². The molecule has 116 valence electrons. The van der Waals surface area contributed by atoms with E-state index in [0.717, 1.165) is 31.4 Å². The first-order chi connectivity index (χ1) is 10.0. The Morgan fingerprint density at radius 2 is 2.19 bits per heavy atom. The number of hydrogen-bond acceptors (Lipinski definition) is 4. The fraction of sp³-hybridized carbons (Fsp3) is 0.643. The predicted molar refractivity (Wildman–Crippen MR) is 81.8 cm³/mol. The van der Waals surface area contributed by atoms with E-state index >= 15 is 0 Å². The van der Waals surface area contributed by atoms with Crippen LogP contribution < -0.4 is 10.6 Å². The predicted octanol–water partition coefficient (Wildman–Crippen LogP) is 2.64. The summed E-state index contributed by atoms with van der Waals surface area (Å²) in [6.07, 6.45) is 4.83. The van der Waals surface area contributed by atoms with Crippen LogP contribution in [-0.4, -0.2) is 28.6 Å². The second kappa shape index (κ2) is 7.40. The van der Waals surface area contributed by atoms with Crippen molar-refractivity contribution in [1.29, 1.82) is 0 Å². The summed E-state index contributed by atoms with van der Waals surface area (Å²) in [4.78, 5) is 27.9. The Balaban J connectivity index is 1.64. The van der Waals surface area contributed by atoms with Crippen molar-refractivity contribution in [1.82, 2.24) is 10.3 Å². The minimum atomic E-state index is -0.774. The van der Waals surface area contributed by atoms with Crippen molar-refractivity contribution in [3.63, 3.8) is 0 Å². The fourth-order valence-electron chi connectivity index (χ4n) is 2.33. The zero-order valence-corrected chi connectivity index (χ0v) is 13.0. The average molecular weight is 311 g/mol. The number of thiazole rings is 1. The van der Waals surface area contributed by atoms with Crippen LogP contribution in [0.2, 0.25) is 0 Å². The molecule has 0 aromatic carbocycles. The van der Waals surface area contributed by atoms with Gasteiger partial charge < -0.3 is 10.4 Å². The standard InChI is InChI=1S/C14H21N3O3S/c1-9(5-6-12(18)19)7-8-15-13(20)17-14-16-10-3-2-4-11(10)21-14/h9H,2-8H2,1H3,(H,18,19)(H2,15,16,17,20). The van der Waals surface area contributed by atoms with Crippen LogP contribution in [0.25, 0.3) is 0 Å². The molecule has 2 rings (SSSR count). The summed E-state index contributed by atoms with van der Waals surface area (Å²) < 4.78 is 0. The van der Waals surface area contributed by atoms with Crippen LogP contribution in [0.4, 0.5) is 9.93 Å². The molecule has 0 saturated carbocycles. The first kappa shape index (κ1) is 15.8. The van der Waals surface area contributed by atoms with E-state index in [0.29, 0.717) is 18.1 Å². The molecule has 0 spiro atoms. The second-order valence-corrected chi connectivity index (χ2v) is 6.53. The number of carbonyl (C=O) groups excluding carboxylic acids is 1. The SMILES string of the molecule is CC(CCNC(=O)Nc1nc2c(s1)CCC2)CCC(=O)O. The Morgan fingerprint density at radius 3 is 2.90 bits per heavy atom. The summed E-state index contributed by atoms with van der Waals surface area (Å²) >= 11 is 1.55. The summed E-state index contributed by atoms with van der Waals surface area (Å²) in [5, 5.41) is 14.8. The molecule has 7 heteroatoms. The minimum absolute atomic E-state index is 0.179. The highest BCUT2D eigenvalue weighted by molar-refractivity contribution is 7.15. The van der Waals surface area contributed by atoms with Gasteiger partial charge in [-0.05, 0) is 38.0 Å². The van der Waals surface area contributed by atoms with Crippen LogP contribution in [0.5, 0.6) is 0 Å². The summed E-state index contributed by atoms with van der Waals surface area (Å²) in [5.41, 5.74) is 1.12. The number of anilines is 1. The van der Waals surface area contributed by atoms with E-state index in [-0.39, 0.29) is 18.4 Å². The van der Waals surface area contributed by atoms with Crippen molar-refractivity contribution >= 4 is 28.5 Å². The van der Waals surface area contributed by atoms with Crippen molar-refractivity contribution in [2.24, 2.45) is 5.92 Å². The van der Waals surface area contributed by atoms with Crippen molar-refractivity contribution in [3.8, 4) is 0 Å². The van der Waals surface area contributed by atoms with Gasteiger partial charge in [0, 0.05) is 17.8 Å². The number of aliphatic carboxylic acids is 1. The molecule has 2 amide bonds. The molecule has 6 nitrogen and oxygen atoms in total. The van der Waals surface area contributed by atoms with Gasteiger partial charge in [-0.2, -0.15) is 0 Å². The molecule has 0 bridgehead atoms. The summed E-state index contributed by atoms with van der Waals surface area (Å²) in [6, 6.07) is -0.243. The molecule has 0 saturated heterocycles. The third kappa shape index (κ3) is 5.00. The molecule has 3 N–H and O–H groups in total. The van der Waals surface area contributed by atoms with E-state index in [2.05, 4.69) is 15.6 Å². The molecular weight excluding hydrogens is 290 g/mol. The van der Waals surface area contributed by atoms with Gasteiger partial charge in [-0.15, -0.1) is 11.3 Å². The van der Waals surface area contributed by atoms with E-state index < -0.39 is 5.97 Å². The smallest absolute Gasteiger partial charge is 0.321 e. The molecule has 1 aromatic heterocycles. The van der Waals surface area contributed by atoms with E-state index in [1.807, 2.05) is 6.92 Å². The summed E-state index contributed by atoms with van der Waals surface area (Å²) in [6.45, 7) is 2.53. The third-order valence-electron chi connectivity index (χ3n) is 3.59. The number of amides is 2. The number of hydrogen-bond donors (Lipinski definition) is 3. The van der Waals surface area contributed by atoms with Crippen LogP contribution >= 0.6 is 11.3 Å². The Morgan fingerprint density at radius 1 is 1.38 bits per heavy atom. The summed E-state index contributed by atoms with van der Waals surface area (Å²) in [7, 11) is 0. The molecule has 1 aliphatic carbocycles. The average Bonchev–Trinajstić information content (AvgIpc) is 2.97. The zero-order chi connectivity index (χ0) is 15.2. The number of carboxylic acids is 1. The van der Waals surface area contributed by atoms with E-state index in [1.54, 1.807) is 11.3 Å². The lowest BCUT2D eigenvalue weighted by Gasteiger charge is -2.10. The fourth-order valence-corrected chi connectivity index (χ4v) is 3.38. The van der Waals surface area contributed by atoms with E-state index in [4.69, 9.17) is 5.11 Å².